The minimum atomic E-state index is -3.00. The SMILES string of the molecule is Cc1ccc(F)c(C(NN)C2CCS(=O)(=O)C2)c1. The van der Waals surface area contributed by atoms with Crippen molar-refractivity contribution < 1.29 is 12.8 Å². The highest BCUT2D eigenvalue weighted by Gasteiger charge is 2.35. The van der Waals surface area contributed by atoms with Crippen molar-refractivity contribution in [3.8, 4) is 0 Å². The molecule has 1 aromatic carbocycles. The number of rotatable bonds is 3. The van der Waals surface area contributed by atoms with Crippen molar-refractivity contribution in [3.05, 3.63) is 35.1 Å². The van der Waals surface area contributed by atoms with Gasteiger partial charge in [-0.25, -0.2) is 12.8 Å². The van der Waals surface area contributed by atoms with Crippen molar-refractivity contribution in [2.45, 2.75) is 19.4 Å². The summed E-state index contributed by atoms with van der Waals surface area (Å²) in [6.07, 6.45) is 0.518. The van der Waals surface area contributed by atoms with E-state index in [1.165, 1.54) is 6.07 Å². The van der Waals surface area contributed by atoms with Crippen LogP contribution < -0.4 is 11.3 Å². The average Bonchev–Trinajstić information content (AvgIpc) is 2.65. The van der Waals surface area contributed by atoms with Crippen LogP contribution in [0.1, 0.15) is 23.6 Å². The van der Waals surface area contributed by atoms with Crippen LogP contribution >= 0.6 is 0 Å². The molecule has 100 valence electrons. The molecule has 0 bridgehead atoms. The molecular formula is C12H17FN2O2S. The molecule has 1 saturated heterocycles. The summed E-state index contributed by atoms with van der Waals surface area (Å²) in [5.74, 6) is 5.18. The lowest BCUT2D eigenvalue weighted by atomic mass is 9.92. The Morgan fingerprint density at radius 1 is 1.50 bits per heavy atom. The highest BCUT2D eigenvalue weighted by molar-refractivity contribution is 7.91. The van der Waals surface area contributed by atoms with Crippen molar-refractivity contribution in [1.82, 2.24) is 5.43 Å². The van der Waals surface area contributed by atoms with E-state index in [4.69, 9.17) is 5.84 Å². The molecule has 6 heteroatoms. The maximum absolute atomic E-state index is 13.8. The molecule has 0 spiro atoms. The van der Waals surface area contributed by atoms with Crippen molar-refractivity contribution in [2.75, 3.05) is 11.5 Å². The van der Waals surface area contributed by atoms with Crippen LogP contribution in [-0.2, 0) is 9.84 Å². The van der Waals surface area contributed by atoms with Crippen LogP contribution in [0.15, 0.2) is 18.2 Å². The van der Waals surface area contributed by atoms with E-state index in [0.29, 0.717) is 12.0 Å². The van der Waals surface area contributed by atoms with Crippen LogP contribution in [-0.4, -0.2) is 19.9 Å². The molecule has 2 rings (SSSR count). The number of hydrogen-bond acceptors (Lipinski definition) is 4. The lowest BCUT2D eigenvalue weighted by Gasteiger charge is -2.23. The molecule has 1 aromatic rings. The van der Waals surface area contributed by atoms with Gasteiger partial charge >= 0.3 is 0 Å². The molecule has 1 aliphatic heterocycles. The molecule has 2 atom stereocenters. The van der Waals surface area contributed by atoms with Crippen molar-refractivity contribution in [2.24, 2.45) is 11.8 Å². The first kappa shape index (κ1) is 13.5. The molecular weight excluding hydrogens is 255 g/mol. The highest BCUT2D eigenvalue weighted by Crippen LogP contribution is 2.32. The number of benzene rings is 1. The summed E-state index contributed by atoms with van der Waals surface area (Å²) < 4.78 is 36.8. The Bertz CT molecular complexity index is 545. The number of aryl methyl sites for hydroxylation is 1. The van der Waals surface area contributed by atoms with E-state index in [1.54, 1.807) is 12.1 Å². The molecule has 2 unspecified atom stereocenters. The third kappa shape index (κ3) is 2.71. The van der Waals surface area contributed by atoms with Gasteiger partial charge in [-0.15, -0.1) is 0 Å². The fraction of sp³-hybridized carbons (Fsp3) is 0.500. The third-order valence-electron chi connectivity index (χ3n) is 3.41. The fourth-order valence-corrected chi connectivity index (χ4v) is 4.31. The normalized spacial score (nSPS) is 24.1. The third-order valence-corrected chi connectivity index (χ3v) is 5.20. The van der Waals surface area contributed by atoms with Gasteiger partial charge in [0.1, 0.15) is 5.82 Å². The first-order chi connectivity index (χ1) is 8.43. The summed E-state index contributed by atoms with van der Waals surface area (Å²) in [4.78, 5) is 0. The van der Waals surface area contributed by atoms with E-state index in [0.717, 1.165) is 5.56 Å². The second kappa shape index (κ2) is 4.95. The summed E-state index contributed by atoms with van der Waals surface area (Å²) >= 11 is 0. The van der Waals surface area contributed by atoms with Crippen molar-refractivity contribution in [3.63, 3.8) is 0 Å². The first-order valence-electron chi connectivity index (χ1n) is 5.85. The molecule has 3 N–H and O–H groups in total. The van der Waals surface area contributed by atoms with Gasteiger partial charge in [-0.1, -0.05) is 17.7 Å². The lowest BCUT2D eigenvalue weighted by molar-refractivity contribution is 0.386. The van der Waals surface area contributed by atoms with Crippen molar-refractivity contribution >= 4 is 9.84 Å². The van der Waals surface area contributed by atoms with Gasteiger partial charge in [0, 0.05) is 5.56 Å². The summed E-state index contributed by atoms with van der Waals surface area (Å²) in [5, 5.41) is 0. The number of nitrogens with one attached hydrogen (secondary N) is 1. The van der Waals surface area contributed by atoms with Crippen LogP contribution in [0.5, 0.6) is 0 Å². The predicted molar refractivity (Wildman–Crippen MR) is 68.0 cm³/mol. The Labute approximate surface area is 106 Å². The second-order valence-corrected chi connectivity index (χ2v) is 7.06. The molecule has 1 heterocycles. The molecule has 0 saturated carbocycles. The van der Waals surface area contributed by atoms with Gasteiger partial charge in [0.05, 0.1) is 17.5 Å². The molecule has 0 amide bonds. The van der Waals surface area contributed by atoms with Crippen LogP contribution in [0.4, 0.5) is 4.39 Å². The standard InChI is InChI=1S/C12H17FN2O2S/c1-8-2-3-11(13)10(6-8)12(15-14)9-4-5-18(16,17)7-9/h2-3,6,9,12,15H,4-5,7,14H2,1H3. The number of sulfone groups is 1. The monoisotopic (exact) mass is 272 g/mol. The van der Waals surface area contributed by atoms with Crippen LogP contribution in [0.3, 0.4) is 0 Å². The Kier molecular flexibility index (Phi) is 3.70. The molecule has 1 aliphatic rings. The smallest absolute Gasteiger partial charge is 0.150 e. The van der Waals surface area contributed by atoms with Gasteiger partial charge in [-0.2, -0.15) is 0 Å². The fourth-order valence-electron chi connectivity index (χ4n) is 2.47. The van der Waals surface area contributed by atoms with Gasteiger partial charge in [0.25, 0.3) is 0 Å². The largest absolute Gasteiger partial charge is 0.271 e. The zero-order chi connectivity index (χ0) is 13.3. The van der Waals surface area contributed by atoms with E-state index in [-0.39, 0.29) is 23.2 Å². The molecule has 0 radical (unpaired) electrons. The Hall–Kier alpha value is -0.980. The maximum atomic E-state index is 13.8. The molecule has 18 heavy (non-hydrogen) atoms. The number of hydrazine groups is 1. The number of hydrogen-bond donors (Lipinski definition) is 2. The maximum Gasteiger partial charge on any atom is 0.150 e. The van der Waals surface area contributed by atoms with Gasteiger partial charge in [-0.05, 0) is 25.3 Å². The van der Waals surface area contributed by atoms with Gasteiger partial charge in [-0.3, -0.25) is 11.3 Å². The molecule has 1 fully saturated rings. The van der Waals surface area contributed by atoms with E-state index >= 15 is 0 Å². The van der Waals surface area contributed by atoms with E-state index < -0.39 is 15.9 Å². The van der Waals surface area contributed by atoms with E-state index in [9.17, 15) is 12.8 Å². The summed E-state index contributed by atoms with van der Waals surface area (Å²) in [6.45, 7) is 1.86. The zero-order valence-corrected chi connectivity index (χ0v) is 11.0. The second-order valence-electron chi connectivity index (χ2n) is 4.83. The quantitative estimate of drug-likeness (QED) is 0.638. The molecule has 4 nitrogen and oxygen atoms in total. The topological polar surface area (TPSA) is 72.2 Å². The molecule has 0 aromatic heterocycles. The van der Waals surface area contributed by atoms with Gasteiger partial charge < -0.3 is 0 Å². The first-order valence-corrected chi connectivity index (χ1v) is 7.67. The molecule has 0 aliphatic carbocycles. The highest BCUT2D eigenvalue weighted by atomic mass is 32.2. The summed E-state index contributed by atoms with van der Waals surface area (Å²) in [7, 11) is -3.00. The Balaban J connectivity index is 2.31. The van der Waals surface area contributed by atoms with Crippen LogP contribution in [0.25, 0.3) is 0 Å². The Morgan fingerprint density at radius 3 is 2.78 bits per heavy atom. The lowest BCUT2D eigenvalue weighted by Crippen LogP contribution is -2.34. The van der Waals surface area contributed by atoms with Gasteiger partial charge in [0.2, 0.25) is 0 Å². The number of nitrogens with two attached hydrogens (primary N) is 1. The minimum absolute atomic E-state index is 0.0647. The van der Waals surface area contributed by atoms with Crippen LogP contribution in [0.2, 0.25) is 0 Å². The van der Waals surface area contributed by atoms with Gasteiger partial charge in [0.15, 0.2) is 9.84 Å². The van der Waals surface area contributed by atoms with Crippen LogP contribution in [0, 0.1) is 18.7 Å². The summed E-state index contributed by atoms with van der Waals surface area (Å²) in [5.41, 5.74) is 3.93. The summed E-state index contributed by atoms with van der Waals surface area (Å²) in [6, 6.07) is 4.32. The van der Waals surface area contributed by atoms with E-state index in [2.05, 4.69) is 5.43 Å². The van der Waals surface area contributed by atoms with Crippen molar-refractivity contribution in [1.29, 1.82) is 0 Å². The number of halogens is 1. The predicted octanol–water partition coefficient (Wildman–Crippen LogP) is 1.07. The Morgan fingerprint density at radius 2 is 2.22 bits per heavy atom. The average molecular weight is 272 g/mol. The minimum Gasteiger partial charge on any atom is -0.271 e. The van der Waals surface area contributed by atoms with E-state index in [1.807, 2.05) is 6.92 Å². The zero-order valence-electron chi connectivity index (χ0n) is 10.2.